The van der Waals surface area contributed by atoms with Crippen molar-refractivity contribution in [2.24, 2.45) is 0 Å². The summed E-state index contributed by atoms with van der Waals surface area (Å²) in [6, 6.07) is 14.8. The number of para-hydroxylation sites is 2. The van der Waals surface area contributed by atoms with Gasteiger partial charge in [-0.15, -0.1) is 10.2 Å². The van der Waals surface area contributed by atoms with Crippen molar-refractivity contribution in [1.82, 2.24) is 20.2 Å². The van der Waals surface area contributed by atoms with E-state index in [9.17, 15) is 9.59 Å². The Bertz CT molecular complexity index is 1240. The fourth-order valence-electron chi connectivity index (χ4n) is 2.55. The molecule has 10 heteroatoms. The summed E-state index contributed by atoms with van der Waals surface area (Å²) in [4.78, 5) is 31.5. The average molecular weight is 440 g/mol. The van der Waals surface area contributed by atoms with Crippen LogP contribution in [-0.4, -0.2) is 32.7 Å². The van der Waals surface area contributed by atoms with Crippen molar-refractivity contribution in [1.29, 1.82) is 0 Å². The topological polar surface area (TPSA) is 110 Å². The number of ether oxygens (including phenoxy) is 1. The van der Waals surface area contributed by atoms with E-state index in [1.54, 1.807) is 0 Å². The van der Waals surface area contributed by atoms with Gasteiger partial charge in [0.15, 0.2) is 10.9 Å². The van der Waals surface area contributed by atoms with E-state index >= 15 is 0 Å². The molecule has 0 fully saturated rings. The van der Waals surface area contributed by atoms with E-state index in [4.69, 9.17) is 4.74 Å². The highest BCUT2D eigenvalue weighted by Gasteiger charge is 2.11. The van der Waals surface area contributed by atoms with Crippen molar-refractivity contribution in [2.75, 3.05) is 11.9 Å². The van der Waals surface area contributed by atoms with E-state index in [1.165, 1.54) is 23.1 Å². The van der Waals surface area contributed by atoms with Gasteiger partial charge in [0.05, 0.1) is 11.0 Å². The van der Waals surface area contributed by atoms with Gasteiger partial charge in [-0.3, -0.25) is 14.9 Å². The van der Waals surface area contributed by atoms with Crippen molar-refractivity contribution in [2.45, 2.75) is 17.0 Å². The summed E-state index contributed by atoms with van der Waals surface area (Å²) in [7, 11) is 0. The highest BCUT2D eigenvalue weighted by Crippen LogP contribution is 2.27. The second-order valence-electron chi connectivity index (χ2n) is 6.34. The Balaban J connectivity index is 1.32. The van der Waals surface area contributed by atoms with Gasteiger partial charge in [-0.2, -0.15) is 0 Å². The van der Waals surface area contributed by atoms with Crippen LogP contribution < -0.4 is 15.6 Å². The summed E-state index contributed by atoms with van der Waals surface area (Å²) in [5.74, 6) is 0.646. The molecule has 0 unspecified atom stereocenters. The van der Waals surface area contributed by atoms with E-state index in [0.717, 1.165) is 11.1 Å². The van der Waals surface area contributed by atoms with E-state index in [-0.39, 0.29) is 18.1 Å². The Labute approximate surface area is 179 Å². The second kappa shape index (κ2) is 9.06. The standard InChI is InChI=1S/C20H17N5O3S2/c1-12-6-8-13(9-7-12)28-10-17(26)23-19-24-25-20(30-19)29-11-16-18(27)22-15-5-3-2-4-14(15)21-16/h2-9H,10-11H2,1H3,(H,22,27)(H,23,24,26). The maximum Gasteiger partial charge on any atom is 0.271 e. The number of thioether (sulfide) groups is 1. The van der Waals surface area contributed by atoms with E-state index in [0.29, 0.717) is 32.2 Å². The Morgan fingerprint density at radius 2 is 1.97 bits per heavy atom. The number of aromatic nitrogens is 4. The molecule has 0 saturated heterocycles. The molecular formula is C20H17N5O3S2. The molecule has 0 atom stereocenters. The summed E-state index contributed by atoms with van der Waals surface area (Å²) in [6.45, 7) is 1.86. The monoisotopic (exact) mass is 439 g/mol. The maximum absolute atomic E-state index is 12.2. The Morgan fingerprint density at radius 3 is 2.80 bits per heavy atom. The van der Waals surface area contributed by atoms with Crippen LogP contribution in [0.25, 0.3) is 11.0 Å². The quantitative estimate of drug-likeness (QED) is 0.335. The number of benzene rings is 2. The summed E-state index contributed by atoms with van der Waals surface area (Å²) < 4.78 is 6.07. The Morgan fingerprint density at radius 1 is 1.17 bits per heavy atom. The molecule has 0 bridgehead atoms. The molecule has 2 aromatic heterocycles. The number of rotatable bonds is 7. The van der Waals surface area contributed by atoms with Crippen LogP contribution in [0.3, 0.4) is 0 Å². The van der Waals surface area contributed by atoms with Crippen molar-refractivity contribution in [3.63, 3.8) is 0 Å². The molecule has 0 aliphatic heterocycles. The van der Waals surface area contributed by atoms with Gasteiger partial charge in [-0.05, 0) is 31.2 Å². The normalized spacial score (nSPS) is 10.8. The van der Waals surface area contributed by atoms with Crippen molar-refractivity contribution >= 4 is 45.2 Å². The van der Waals surface area contributed by atoms with Crippen LogP contribution in [0.1, 0.15) is 11.3 Å². The molecule has 0 saturated carbocycles. The zero-order valence-electron chi connectivity index (χ0n) is 15.9. The molecule has 4 rings (SSSR count). The van der Waals surface area contributed by atoms with E-state index in [1.807, 2.05) is 55.5 Å². The van der Waals surface area contributed by atoms with Crippen LogP contribution >= 0.6 is 23.1 Å². The van der Waals surface area contributed by atoms with Gasteiger partial charge in [0.25, 0.3) is 11.5 Å². The zero-order valence-corrected chi connectivity index (χ0v) is 17.5. The number of anilines is 1. The number of hydrogen-bond acceptors (Lipinski definition) is 8. The predicted molar refractivity (Wildman–Crippen MR) is 117 cm³/mol. The molecule has 8 nitrogen and oxygen atoms in total. The first kappa shape index (κ1) is 20.0. The molecule has 0 aliphatic carbocycles. The third-order valence-corrected chi connectivity index (χ3v) is 6.03. The molecular weight excluding hydrogens is 422 g/mol. The van der Waals surface area contributed by atoms with Crippen LogP contribution in [0.5, 0.6) is 5.75 Å². The lowest BCUT2D eigenvalue weighted by atomic mass is 10.2. The molecule has 1 amide bonds. The van der Waals surface area contributed by atoms with E-state index in [2.05, 4.69) is 25.5 Å². The van der Waals surface area contributed by atoms with Crippen molar-refractivity contribution in [3.05, 3.63) is 70.1 Å². The lowest BCUT2D eigenvalue weighted by Crippen LogP contribution is -2.20. The van der Waals surface area contributed by atoms with Gasteiger partial charge >= 0.3 is 0 Å². The summed E-state index contributed by atoms with van der Waals surface area (Å²) in [5, 5.41) is 11.0. The smallest absolute Gasteiger partial charge is 0.271 e. The minimum atomic E-state index is -0.323. The predicted octanol–water partition coefficient (Wildman–Crippen LogP) is 3.39. The minimum absolute atomic E-state index is 0.124. The summed E-state index contributed by atoms with van der Waals surface area (Å²) in [6.07, 6.45) is 0. The highest BCUT2D eigenvalue weighted by atomic mass is 32.2. The first-order valence-electron chi connectivity index (χ1n) is 9.00. The minimum Gasteiger partial charge on any atom is -0.484 e. The number of amides is 1. The molecule has 152 valence electrons. The third-order valence-electron chi connectivity index (χ3n) is 4.05. The molecule has 0 spiro atoms. The van der Waals surface area contributed by atoms with Crippen LogP contribution in [-0.2, 0) is 10.5 Å². The largest absolute Gasteiger partial charge is 0.484 e. The maximum atomic E-state index is 12.2. The number of nitrogens with zero attached hydrogens (tertiary/aromatic N) is 3. The first-order chi connectivity index (χ1) is 14.6. The fraction of sp³-hybridized carbons (Fsp3) is 0.150. The van der Waals surface area contributed by atoms with Gasteiger partial charge in [-0.1, -0.05) is 52.9 Å². The molecule has 2 aromatic carbocycles. The molecule has 2 N–H and O–H groups in total. The molecule has 0 radical (unpaired) electrons. The third kappa shape index (κ3) is 5.02. The van der Waals surface area contributed by atoms with Crippen molar-refractivity contribution < 1.29 is 9.53 Å². The number of carbonyl (C=O) groups is 1. The SMILES string of the molecule is Cc1ccc(OCC(=O)Nc2nnc(SCc3nc4ccccc4[nH]c3=O)s2)cc1. The number of carbonyl (C=O) groups excluding carboxylic acids is 1. The number of H-pyrrole nitrogens is 1. The van der Waals surface area contributed by atoms with Gasteiger partial charge in [0.1, 0.15) is 11.4 Å². The Kier molecular flexibility index (Phi) is 6.05. The number of aryl methyl sites for hydroxylation is 1. The number of hydrogen-bond donors (Lipinski definition) is 2. The lowest BCUT2D eigenvalue weighted by molar-refractivity contribution is -0.118. The average Bonchev–Trinajstić information content (AvgIpc) is 3.19. The van der Waals surface area contributed by atoms with Gasteiger partial charge < -0.3 is 9.72 Å². The molecule has 0 aliphatic rings. The van der Waals surface area contributed by atoms with Crippen LogP contribution in [0, 0.1) is 6.92 Å². The molecule has 2 heterocycles. The zero-order chi connectivity index (χ0) is 20.9. The van der Waals surface area contributed by atoms with E-state index < -0.39 is 0 Å². The Hall–Kier alpha value is -3.24. The second-order valence-corrected chi connectivity index (χ2v) is 8.54. The van der Waals surface area contributed by atoms with Gasteiger partial charge in [-0.25, -0.2) is 4.98 Å². The van der Waals surface area contributed by atoms with Crippen LogP contribution in [0.2, 0.25) is 0 Å². The summed E-state index contributed by atoms with van der Waals surface area (Å²) >= 11 is 2.56. The summed E-state index contributed by atoms with van der Waals surface area (Å²) in [5.41, 5.74) is 2.72. The fourth-order valence-corrected chi connectivity index (χ4v) is 4.25. The number of fused-ring (bicyclic) bond motifs is 1. The first-order valence-corrected chi connectivity index (χ1v) is 10.8. The number of aromatic amines is 1. The molecule has 30 heavy (non-hydrogen) atoms. The van der Waals surface area contributed by atoms with Gasteiger partial charge in [0.2, 0.25) is 5.13 Å². The lowest BCUT2D eigenvalue weighted by Gasteiger charge is -2.05. The highest BCUT2D eigenvalue weighted by molar-refractivity contribution is 8.00. The van der Waals surface area contributed by atoms with Crippen LogP contribution in [0.15, 0.2) is 57.7 Å². The van der Waals surface area contributed by atoms with Crippen molar-refractivity contribution in [3.8, 4) is 5.75 Å². The number of nitrogens with one attached hydrogen (secondary N) is 2. The van der Waals surface area contributed by atoms with Crippen LogP contribution in [0.4, 0.5) is 5.13 Å². The molecule has 4 aromatic rings. The van der Waals surface area contributed by atoms with Gasteiger partial charge in [0, 0.05) is 5.75 Å².